The normalized spacial score (nSPS) is 27.6. The molecule has 1 heterocycles. The van der Waals surface area contributed by atoms with E-state index in [-0.39, 0.29) is 33.6 Å². The fourth-order valence-corrected chi connectivity index (χ4v) is 8.30. The number of anilines is 2. The Balaban J connectivity index is 1.48. The number of epoxide rings is 1. The van der Waals surface area contributed by atoms with Gasteiger partial charge in [-0.05, 0) is 55.7 Å². The molecule has 3 fully saturated rings. The molecule has 1 unspecified atom stereocenters. The molecule has 1 aliphatic heterocycles. The molecule has 182 valence electrons. The summed E-state index contributed by atoms with van der Waals surface area (Å²) in [5.41, 5.74) is 0.0451. The van der Waals surface area contributed by atoms with Gasteiger partial charge in [-0.15, -0.1) is 0 Å². The van der Waals surface area contributed by atoms with Crippen LogP contribution in [0.25, 0.3) is 0 Å². The zero-order chi connectivity index (χ0) is 24.4. The van der Waals surface area contributed by atoms with E-state index in [2.05, 4.69) is 5.32 Å². The van der Waals surface area contributed by atoms with Crippen molar-refractivity contribution in [1.29, 1.82) is 0 Å². The Morgan fingerprint density at radius 1 is 1.06 bits per heavy atom. The number of halogens is 3. The maximum Gasteiger partial charge on any atom is 0.255 e. The Hall–Kier alpha value is -2.59. The van der Waals surface area contributed by atoms with E-state index in [1.54, 1.807) is 25.1 Å². The number of amides is 1. The first-order valence-electron chi connectivity index (χ1n) is 11.2. The van der Waals surface area contributed by atoms with Crippen LogP contribution in [0.2, 0.25) is 0 Å². The number of fused-ring (bicyclic) bond motifs is 2. The van der Waals surface area contributed by atoms with Crippen molar-refractivity contribution in [2.45, 2.75) is 41.4 Å². The summed E-state index contributed by atoms with van der Waals surface area (Å²) in [4.78, 5) is 14.5. The van der Waals surface area contributed by atoms with Gasteiger partial charge < -0.3 is 15.0 Å². The molecule has 2 saturated carbocycles. The van der Waals surface area contributed by atoms with Crippen molar-refractivity contribution in [2.75, 3.05) is 30.9 Å². The lowest BCUT2D eigenvalue weighted by Gasteiger charge is -2.34. The van der Waals surface area contributed by atoms with E-state index in [0.29, 0.717) is 24.4 Å². The minimum absolute atomic E-state index is 0.00362. The second-order valence-corrected chi connectivity index (χ2v) is 11.8. The van der Waals surface area contributed by atoms with Crippen molar-refractivity contribution < 1.29 is 31.1 Å². The predicted octanol–water partition coefficient (Wildman–Crippen LogP) is 4.15. The quantitative estimate of drug-likeness (QED) is 0.499. The Kier molecular flexibility index (Phi) is 5.44. The van der Waals surface area contributed by atoms with Crippen molar-refractivity contribution in [2.24, 2.45) is 11.8 Å². The van der Waals surface area contributed by atoms with Gasteiger partial charge in [0.05, 0.1) is 28.0 Å². The molecule has 2 aliphatic carbocycles. The van der Waals surface area contributed by atoms with E-state index in [1.807, 2.05) is 0 Å². The van der Waals surface area contributed by atoms with Crippen LogP contribution in [0.15, 0.2) is 35.2 Å². The molecule has 1 saturated heterocycles. The zero-order valence-corrected chi connectivity index (χ0v) is 19.6. The predicted molar refractivity (Wildman–Crippen MR) is 120 cm³/mol. The summed E-state index contributed by atoms with van der Waals surface area (Å²) in [5, 5.41) is 1.77. The van der Waals surface area contributed by atoms with Crippen LogP contribution in [0, 0.1) is 29.3 Å². The minimum atomic E-state index is -3.79. The highest BCUT2D eigenvalue weighted by Crippen LogP contribution is 2.56. The van der Waals surface area contributed by atoms with Gasteiger partial charge in [0, 0.05) is 37.5 Å². The van der Waals surface area contributed by atoms with Gasteiger partial charge in [-0.2, -0.15) is 0 Å². The average Bonchev–Trinajstić information content (AvgIpc) is 3.45. The van der Waals surface area contributed by atoms with E-state index in [9.17, 15) is 26.4 Å². The summed E-state index contributed by atoms with van der Waals surface area (Å²) in [6, 6.07) is 5.63. The van der Waals surface area contributed by atoms with Gasteiger partial charge in [0.2, 0.25) is 0 Å². The molecule has 1 N–H and O–H groups in total. The molecule has 3 aliphatic rings. The van der Waals surface area contributed by atoms with Crippen LogP contribution in [0.1, 0.15) is 36.0 Å². The SMILES string of the molecule is CN(C)c1ccc(C(=O)Nc2cc(F)c(F)c(F)c2)cc1S(=O)(=O)[C@H]1C2CC[C@H]1C[C@]1(CO1)C2. The Bertz CT molecular complexity index is 1240. The molecular weight excluding hydrogens is 469 g/mol. The minimum Gasteiger partial charge on any atom is -0.377 e. The first-order valence-corrected chi connectivity index (χ1v) is 12.7. The van der Waals surface area contributed by atoms with Crippen molar-refractivity contribution in [3.8, 4) is 0 Å². The molecule has 0 radical (unpaired) electrons. The lowest BCUT2D eigenvalue weighted by Crippen LogP contribution is -2.41. The molecule has 2 bridgehead atoms. The Labute approximate surface area is 196 Å². The summed E-state index contributed by atoms with van der Waals surface area (Å²) >= 11 is 0. The van der Waals surface area contributed by atoms with E-state index in [4.69, 9.17) is 4.74 Å². The number of nitrogens with one attached hydrogen (secondary N) is 1. The first-order chi connectivity index (χ1) is 16.0. The lowest BCUT2D eigenvalue weighted by atomic mass is 9.81. The zero-order valence-electron chi connectivity index (χ0n) is 18.8. The van der Waals surface area contributed by atoms with Gasteiger partial charge in [0.15, 0.2) is 27.3 Å². The van der Waals surface area contributed by atoms with Gasteiger partial charge in [-0.3, -0.25) is 4.79 Å². The molecule has 0 aromatic heterocycles. The molecule has 4 atom stereocenters. The Morgan fingerprint density at radius 2 is 1.65 bits per heavy atom. The van der Waals surface area contributed by atoms with Crippen LogP contribution in [-0.4, -0.2) is 45.9 Å². The smallest absolute Gasteiger partial charge is 0.255 e. The second kappa shape index (κ2) is 7.98. The average molecular weight is 495 g/mol. The van der Waals surface area contributed by atoms with E-state index in [0.717, 1.165) is 25.7 Å². The molecule has 5 rings (SSSR count). The van der Waals surface area contributed by atoms with Gasteiger partial charge in [-0.25, -0.2) is 21.6 Å². The third-order valence-corrected chi connectivity index (χ3v) is 9.70. The van der Waals surface area contributed by atoms with Crippen molar-refractivity contribution in [3.05, 3.63) is 53.3 Å². The maximum absolute atomic E-state index is 13.9. The second-order valence-electron chi connectivity index (χ2n) is 9.77. The number of ether oxygens (including phenoxy) is 1. The lowest BCUT2D eigenvalue weighted by molar-refractivity contribution is 0.102. The monoisotopic (exact) mass is 494 g/mol. The molecule has 34 heavy (non-hydrogen) atoms. The number of sulfone groups is 1. The van der Waals surface area contributed by atoms with Crippen molar-refractivity contribution >= 4 is 27.1 Å². The standard InChI is InChI=1S/C24H25F3N2O4S/c1-29(2)19-6-5-13(23(30)28-16-8-17(25)21(27)18(26)9-16)7-20(19)34(31,32)22-14-3-4-15(22)11-24(10-14)12-33-24/h5-9,14-15,22H,3-4,10-12H2,1-2H3,(H,28,30)/t14-,15?,22+,24+/m0/s1. The van der Waals surface area contributed by atoms with E-state index < -0.39 is 38.4 Å². The summed E-state index contributed by atoms with van der Waals surface area (Å²) in [6.45, 7) is 0.690. The molecule has 2 aromatic rings. The van der Waals surface area contributed by atoms with Gasteiger partial charge >= 0.3 is 0 Å². The largest absolute Gasteiger partial charge is 0.377 e. The topological polar surface area (TPSA) is 79.0 Å². The highest BCUT2D eigenvalue weighted by atomic mass is 32.2. The molecule has 1 spiro atoms. The number of hydrogen-bond acceptors (Lipinski definition) is 5. The molecule has 1 amide bonds. The summed E-state index contributed by atoms with van der Waals surface area (Å²) in [7, 11) is -0.345. The van der Waals surface area contributed by atoms with Crippen LogP contribution in [0.4, 0.5) is 24.5 Å². The Morgan fingerprint density at radius 3 is 2.18 bits per heavy atom. The first kappa shape index (κ1) is 23.2. The molecule has 10 heteroatoms. The fraction of sp³-hybridized carbons (Fsp3) is 0.458. The van der Waals surface area contributed by atoms with Gasteiger partial charge in [0.1, 0.15) is 0 Å². The van der Waals surface area contributed by atoms with E-state index in [1.165, 1.54) is 12.1 Å². The molecule has 2 aromatic carbocycles. The number of carbonyl (C=O) groups is 1. The highest BCUT2D eigenvalue weighted by molar-refractivity contribution is 7.92. The highest BCUT2D eigenvalue weighted by Gasteiger charge is 2.60. The number of nitrogens with zero attached hydrogens (tertiary/aromatic N) is 1. The van der Waals surface area contributed by atoms with Crippen molar-refractivity contribution in [3.63, 3.8) is 0 Å². The van der Waals surface area contributed by atoms with Crippen LogP contribution in [0.3, 0.4) is 0 Å². The van der Waals surface area contributed by atoms with Crippen LogP contribution in [0.5, 0.6) is 0 Å². The molecular formula is C24H25F3N2O4S. The number of carbonyl (C=O) groups excluding carboxylic acids is 1. The van der Waals surface area contributed by atoms with E-state index >= 15 is 0 Å². The fourth-order valence-electron chi connectivity index (χ4n) is 5.69. The number of benzene rings is 2. The van der Waals surface area contributed by atoms with Gasteiger partial charge in [-0.1, -0.05) is 0 Å². The van der Waals surface area contributed by atoms with Crippen LogP contribution >= 0.6 is 0 Å². The maximum atomic E-state index is 13.9. The number of rotatable bonds is 5. The summed E-state index contributed by atoms with van der Waals surface area (Å²) in [5.74, 6) is -5.27. The summed E-state index contributed by atoms with van der Waals surface area (Å²) < 4.78 is 73.8. The third kappa shape index (κ3) is 3.86. The number of hydrogen-bond donors (Lipinski definition) is 1. The van der Waals surface area contributed by atoms with Crippen LogP contribution < -0.4 is 10.2 Å². The van der Waals surface area contributed by atoms with Crippen LogP contribution in [-0.2, 0) is 14.6 Å². The summed E-state index contributed by atoms with van der Waals surface area (Å²) in [6.07, 6.45) is 3.12. The molecule has 6 nitrogen and oxygen atoms in total. The van der Waals surface area contributed by atoms with Gasteiger partial charge in [0.25, 0.3) is 5.91 Å². The van der Waals surface area contributed by atoms with Crippen molar-refractivity contribution in [1.82, 2.24) is 0 Å². The third-order valence-electron chi connectivity index (χ3n) is 7.27.